The number of aromatic nitrogens is 1. The molecule has 0 bridgehead atoms. The second-order valence-corrected chi connectivity index (χ2v) is 4.63. The van der Waals surface area contributed by atoms with Crippen molar-refractivity contribution < 1.29 is 4.74 Å². The van der Waals surface area contributed by atoms with Crippen LogP contribution in [-0.4, -0.2) is 31.3 Å². The van der Waals surface area contributed by atoms with Crippen molar-refractivity contribution in [1.82, 2.24) is 4.98 Å². The van der Waals surface area contributed by atoms with E-state index in [0.717, 1.165) is 37.8 Å². The third-order valence-corrected chi connectivity index (χ3v) is 2.86. The summed E-state index contributed by atoms with van der Waals surface area (Å²) in [5.74, 6) is 1.08. The maximum absolute atomic E-state index is 5.31. The monoisotopic (exact) mass is 304 g/mol. The smallest absolute Gasteiger partial charge is 0.130 e. The van der Waals surface area contributed by atoms with Gasteiger partial charge in [-0.25, -0.2) is 4.98 Å². The molecule has 3 nitrogen and oxygen atoms in total. The second kappa shape index (κ2) is 4.44. The molecular weight excluding hydrogens is 291 g/mol. The Hall–Kier alpha value is -0.360. The Bertz CT molecular complexity index is 304. The van der Waals surface area contributed by atoms with Crippen molar-refractivity contribution in [3.63, 3.8) is 0 Å². The van der Waals surface area contributed by atoms with Crippen LogP contribution in [0.15, 0.2) is 12.1 Å². The first-order valence-corrected chi connectivity index (χ1v) is 5.80. The Morgan fingerprint density at radius 3 is 2.71 bits per heavy atom. The van der Waals surface area contributed by atoms with Crippen LogP contribution in [0.1, 0.15) is 5.69 Å². The van der Waals surface area contributed by atoms with Crippen molar-refractivity contribution >= 4 is 28.4 Å². The quantitative estimate of drug-likeness (QED) is 0.740. The van der Waals surface area contributed by atoms with Crippen molar-refractivity contribution in [3.05, 3.63) is 21.4 Å². The zero-order valence-electron chi connectivity index (χ0n) is 8.16. The molecule has 0 spiro atoms. The van der Waals surface area contributed by atoms with Gasteiger partial charge in [0.25, 0.3) is 0 Å². The first-order chi connectivity index (χ1) is 6.75. The van der Waals surface area contributed by atoms with Gasteiger partial charge in [-0.1, -0.05) is 0 Å². The van der Waals surface area contributed by atoms with Gasteiger partial charge in [0.1, 0.15) is 5.82 Å². The lowest BCUT2D eigenvalue weighted by Gasteiger charge is -2.28. The number of rotatable bonds is 1. The molecule has 0 radical (unpaired) electrons. The summed E-state index contributed by atoms with van der Waals surface area (Å²) in [6.45, 7) is 5.56. The molecule has 0 aromatic carbocycles. The largest absolute Gasteiger partial charge is 0.378 e. The van der Waals surface area contributed by atoms with Gasteiger partial charge in [-0.3, -0.25) is 0 Å². The van der Waals surface area contributed by atoms with E-state index in [9.17, 15) is 0 Å². The van der Waals surface area contributed by atoms with E-state index < -0.39 is 0 Å². The van der Waals surface area contributed by atoms with Crippen molar-refractivity contribution in [2.24, 2.45) is 0 Å². The van der Waals surface area contributed by atoms with Crippen molar-refractivity contribution in [1.29, 1.82) is 0 Å². The number of aryl methyl sites for hydroxylation is 1. The van der Waals surface area contributed by atoms with E-state index in [1.807, 2.05) is 6.92 Å². The Balaban J connectivity index is 2.21. The minimum absolute atomic E-state index is 0.812. The first kappa shape index (κ1) is 10.2. The van der Waals surface area contributed by atoms with E-state index in [1.54, 1.807) is 0 Å². The lowest BCUT2D eigenvalue weighted by Crippen LogP contribution is -2.36. The number of nitrogens with zero attached hydrogens (tertiary/aromatic N) is 2. The highest BCUT2D eigenvalue weighted by Gasteiger charge is 2.12. The summed E-state index contributed by atoms with van der Waals surface area (Å²) in [5, 5.41) is 0. The third kappa shape index (κ3) is 2.36. The van der Waals surface area contributed by atoms with Crippen LogP contribution in [0, 0.1) is 10.5 Å². The molecule has 1 fully saturated rings. The van der Waals surface area contributed by atoms with Crippen molar-refractivity contribution in [3.8, 4) is 0 Å². The van der Waals surface area contributed by atoms with Gasteiger partial charge in [-0.2, -0.15) is 0 Å². The zero-order valence-corrected chi connectivity index (χ0v) is 10.3. The van der Waals surface area contributed by atoms with Gasteiger partial charge in [-0.15, -0.1) is 0 Å². The summed E-state index contributed by atoms with van der Waals surface area (Å²) in [7, 11) is 0. The molecule has 1 saturated heterocycles. The summed E-state index contributed by atoms with van der Waals surface area (Å²) >= 11 is 2.33. The second-order valence-electron chi connectivity index (χ2n) is 3.38. The van der Waals surface area contributed by atoms with Crippen LogP contribution >= 0.6 is 22.6 Å². The minimum Gasteiger partial charge on any atom is -0.378 e. The Morgan fingerprint density at radius 2 is 2.07 bits per heavy atom. The third-order valence-electron chi connectivity index (χ3n) is 2.24. The molecule has 76 valence electrons. The molecule has 0 atom stereocenters. The van der Waals surface area contributed by atoms with Crippen LogP contribution in [0.2, 0.25) is 0 Å². The molecule has 1 aromatic rings. The van der Waals surface area contributed by atoms with Gasteiger partial charge in [0, 0.05) is 22.4 Å². The summed E-state index contributed by atoms with van der Waals surface area (Å²) in [5.41, 5.74) is 1.08. The van der Waals surface area contributed by atoms with Gasteiger partial charge < -0.3 is 9.64 Å². The molecule has 14 heavy (non-hydrogen) atoms. The highest BCUT2D eigenvalue weighted by molar-refractivity contribution is 14.1. The fourth-order valence-electron chi connectivity index (χ4n) is 1.56. The van der Waals surface area contributed by atoms with E-state index in [1.165, 1.54) is 3.57 Å². The number of morpholine rings is 1. The van der Waals surface area contributed by atoms with Crippen molar-refractivity contribution in [2.75, 3.05) is 31.2 Å². The fraction of sp³-hybridized carbons (Fsp3) is 0.500. The molecule has 0 aliphatic carbocycles. The molecular formula is C10H13IN2O. The van der Waals surface area contributed by atoms with E-state index in [-0.39, 0.29) is 0 Å². The summed E-state index contributed by atoms with van der Waals surface area (Å²) in [6.07, 6.45) is 0. The standard InChI is InChI=1S/C10H13IN2O/c1-8-6-9(11)7-10(12-8)13-2-4-14-5-3-13/h6-7H,2-5H2,1H3. The van der Waals surface area contributed by atoms with Gasteiger partial charge in [-0.05, 0) is 41.6 Å². The Labute approximate surface area is 97.6 Å². The van der Waals surface area contributed by atoms with Gasteiger partial charge >= 0.3 is 0 Å². The predicted molar refractivity (Wildman–Crippen MR) is 64.7 cm³/mol. The molecule has 2 rings (SSSR count). The molecule has 2 heterocycles. The van der Waals surface area contributed by atoms with Crippen LogP contribution in [0.3, 0.4) is 0 Å². The van der Waals surface area contributed by atoms with E-state index in [2.05, 4.69) is 44.6 Å². The van der Waals surface area contributed by atoms with Gasteiger partial charge in [0.2, 0.25) is 0 Å². The zero-order chi connectivity index (χ0) is 9.97. The minimum atomic E-state index is 0.812. The lowest BCUT2D eigenvalue weighted by atomic mass is 10.3. The van der Waals surface area contributed by atoms with Crippen LogP contribution in [0.5, 0.6) is 0 Å². The number of anilines is 1. The lowest BCUT2D eigenvalue weighted by molar-refractivity contribution is 0.122. The number of pyridine rings is 1. The molecule has 1 aromatic heterocycles. The maximum atomic E-state index is 5.31. The molecule has 4 heteroatoms. The first-order valence-electron chi connectivity index (χ1n) is 4.72. The van der Waals surface area contributed by atoms with E-state index in [4.69, 9.17) is 4.74 Å². The number of halogens is 1. The average molecular weight is 304 g/mol. The normalized spacial score (nSPS) is 17.1. The average Bonchev–Trinajstić information content (AvgIpc) is 2.18. The van der Waals surface area contributed by atoms with Crippen LogP contribution in [-0.2, 0) is 4.74 Å². The molecule has 0 saturated carbocycles. The van der Waals surface area contributed by atoms with Gasteiger partial charge in [0.15, 0.2) is 0 Å². The van der Waals surface area contributed by atoms with E-state index >= 15 is 0 Å². The maximum Gasteiger partial charge on any atom is 0.130 e. The summed E-state index contributed by atoms with van der Waals surface area (Å²) in [4.78, 5) is 6.80. The molecule has 1 aliphatic rings. The SMILES string of the molecule is Cc1cc(I)cc(N2CCOCC2)n1. The summed E-state index contributed by atoms with van der Waals surface area (Å²) < 4.78 is 6.56. The van der Waals surface area contributed by atoms with Crippen molar-refractivity contribution in [2.45, 2.75) is 6.92 Å². The Morgan fingerprint density at radius 1 is 1.36 bits per heavy atom. The van der Waals surface area contributed by atoms with E-state index in [0.29, 0.717) is 0 Å². The topological polar surface area (TPSA) is 25.4 Å². The predicted octanol–water partition coefficient (Wildman–Crippen LogP) is 1.83. The number of ether oxygens (including phenoxy) is 1. The molecule has 0 amide bonds. The number of hydrogen-bond donors (Lipinski definition) is 0. The molecule has 0 N–H and O–H groups in total. The summed E-state index contributed by atoms with van der Waals surface area (Å²) in [6, 6.07) is 4.21. The van der Waals surface area contributed by atoms with Crippen LogP contribution < -0.4 is 4.90 Å². The van der Waals surface area contributed by atoms with Crippen LogP contribution in [0.25, 0.3) is 0 Å². The molecule has 1 aliphatic heterocycles. The molecule has 0 unspecified atom stereocenters. The Kier molecular flexibility index (Phi) is 3.22. The highest BCUT2D eigenvalue weighted by atomic mass is 127. The number of hydrogen-bond acceptors (Lipinski definition) is 3. The fourth-order valence-corrected chi connectivity index (χ4v) is 2.29. The highest BCUT2D eigenvalue weighted by Crippen LogP contribution is 2.17. The van der Waals surface area contributed by atoms with Crippen LogP contribution in [0.4, 0.5) is 5.82 Å². The van der Waals surface area contributed by atoms with Gasteiger partial charge in [0.05, 0.1) is 13.2 Å².